The van der Waals surface area contributed by atoms with Crippen molar-refractivity contribution in [2.24, 2.45) is 0 Å². The number of rotatable bonds is 3. The van der Waals surface area contributed by atoms with Crippen molar-refractivity contribution in [2.75, 3.05) is 5.32 Å². The first-order chi connectivity index (χ1) is 7.84. The molecule has 0 aliphatic heterocycles. The molecule has 1 atom stereocenters. The van der Waals surface area contributed by atoms with Gasteiger partial charge in [0.15, 0.2) is 0 Å². The van der Waals surface area contributed by atoms with Crippen molar-refractivity contribution in [3.05, 3.63) is 29.8 Å². The first kappa shape index (κ1) is 13.5. The van der Waals surface area contributed by atoms with E-state index in [2.05, 4.69) is 0 Å². The summed E-state index contributed by atoms with van der Waals surface area (Å²) in [6.07, 6.45) is -3.90. The summed E-state index contributed by atoms with van der Waals surface area (Å²) in [5, 5.41) is 1.80. The van der Waals surface area contributed by atoms with Gasteiger partial charge in [-0.1, -0.05) is 26.0 Å². The maximum Gasteiger partial charge on any atom is 0.471 e. The molecule has 0 saturated carbocycles. The van der Waals surface area contributed by atoms with Crippen molar-refractivity contribution in [3.8, 4) is 0 Å². The Kier molecular flexibility index (Phi) is 4.15. The third-order valence-electron chi connectivity index (χ3n) is 2.61. The lowest BCUT2D eigenvalue weighted by atomic mass is 9.99. The molecule has 17 heavy (non-hydrogen) atoms. The van der Waals surface area contributed by atoms with Crippen LogP contribution in [0, 0.1) is 0 Å². The molecule has 0 unspecified atom stereocenters. The van der Waals surface area contributed by atoms with Crippen LogP contribution in [-0.4, -0.2) is 12.1 Å². The molecule has 1 amide bonds. The van der Waals surface area contributed by atoms with Crippen LogP contribution in [0.1, 0.15) is 31.7 Å². The van der Waals surface area contributed by atoms with E-state index in [-0.39, 0.29) is 5.69 Å². The topological polar surface area (TPSA) is 29.1 Å². The second-order valence-electron chi connectivity index (χ2n) is 3.88. The highest BCUT2D eigenvalue weighted by Crippen LogP contribution is 2.22. The second-order valence-corrected chi connectivity index (χ2v) is 3.88. The van der Waals surface area contributed by atoms with Gasteiger partial charge in [0, 0.05) is 5.69 Å². The summed E-state index contributed by atoms with van der Waals surface area (Å²) < 4.78 is 36.0. The van der Waals surface area contributed by atoms with E-state index in [1.165, 1.54) is 12.1 Å². The largest absolute Gasteiger partial charge is 0.471 e. The number of benzene rings is 1. The quantitative estimate of drug-likeness (QED) is 0.864. The van der Waals surface area contributed by atoms with Crippen LogP contribution >= 0.6 is 0 Å². The van der Waals surface area contributed by atoms with Crippen molar-refractivity contribution < 1.29 is 18.0 Å². The van der Waals surface area contributed by atoms with Gasteiger partial charge in [-0.3, -0.25) is 4.79 Å². The Labute approximate surface area is 97.8 Å². The molecule has 0 bridgehead atoms. The third-order valence-corrected chi connectivity index (χ3v) is 2.61. The third kappa shape index (κ3) is 3.76. The number of carbonyl (C=O) groups excluding carboxylic acids is 1. The van der Waals surface area contributed by atoms with E-state index in [9.17, 15) is 18.0 Å². The van der Waals surface area contributed by atoms with Crippen molar-refractivity contribution in [2.45, 2.75) is 32.4 Å². The number of alkyl halides is 3. The van der Waals surface area contributed by atoms with Crippen LogP contribution in [0.25, 0.3) is 0 Å². The highest BCUT2D eigenvalue weighted by atomic mass is 19.4. The van der Waals surface area contributed by atoms with Crippen LogP contribution < -0.4 is 5.32 Å². The van der Waals surface area contributed by atoms with Crippen LogP contribution in [0.5, 0.6) is 0 Å². The Balaban J connectivity index is 2.72. The zero-order chi connectivity index (χ0) is 13.1. The van der Waals surface area contributed by atoms with Crippen molar-refractivity contribution >= 4 is 11.6 Å². The van der Waals surface area contributed by atoms with Crippen molar-refractivity contribution in [1.82, 2.24) is 0 Å². The summed E-state index contributed by atoms with van der Waals surface area (Å²) >= 11 is 0. The SMILES string of the molecule is CC[C@@H](C)c1ccc(NC(=O)C(F)(F)F)cc1. The molecule has 0 saturated heterocycles. The van der Waals surface area contributed by atoms with Gasteiger partial charge in [0.1, 0.15) is 0 Å². The summed E-state index contributed by atoms with van der Waals surface area (Å²) in [5.74, 6) is -1.60. The maximum absolute atomic E-state index is 12.0. The van der Waals surface area contributed by atoms with Gasteiger partial charge in [-0.2, -0.15) is 13.2 Å². The van der Waals surface area contributed by atoms with E-state index in [1.807, 2.05) is 13.8 Å². The molecule has 5 heteroatoms. The highest BCUT2D eigenvalue weighted by molar-refractivity contribution is 5.94. The van der Waals surface area contributed by atoms with Gasteiger partial charge in [0.05, 0.1) is 0 Å². The fraction of sp³-hybridized carbons (Fsp3) is 0.417. The zero-order valence-corrected chi connectivity index (χ0v) is 9.64. The molecule has 0 aliphatic rings. The number of hydrogen-bond donors (Lipinski definition) is 1. The smallest absolute Gasteiger partial charge is 0.318 e. The minimum absolute atomic E-state index is 0.152. The average Bonchev–Trinajstić information content (AvgIpc) is 2.27. The lowest BCUT2D eigenvalue weighted by Gasteiger charge is -2.11. The zero-order valence-electron chi connectivity index (χ0n) is 9.64. The Hall–Kier alpha value is -1.52. The number of anilines is 1. The number of nitrogens with one attached hydrogen (secondary N) is 1. The van der Waals surface area contributed by atoms with Crippen LogP contribution in [-0.2, 0) is 4.79 Å². The first-order valence-electron chi connectivity index (χ1n) is 5.32. The molecule has 0 spiro atoms. The van der Waals surface area contributed by atoms with E-state index < -0.39 is 12.1 Å². The van der Waals surface area contributed by atoms with E-state index in [0.717, 1.165) is 12.0 Å². The molecule has 1 rings (SSSR count). The molecular formula is C12H14F3NO. The van der Waals surface area contributed by atoms with Gasteiger partial charge < -0.3 is 5.32 Å². The molecule has 1 aromatic carbocycles. The lowest BCUT2D eigenvalue weighted by molar-refractivity contribution is -0.167. The van der Waals surface area contributed by atoms with Crippen molar-refractivity contribution in [1.29, 1.82) is 0 Å². The normalized spacial score (nSPS) is 13.2. The summed E-state index contributed by atoms with van der Waals surface area (Å²) in [5.41, 5.74) is 1.19. The molecule has 0 heterocycles. The van der Waals surface area contributed by atoms with Gasteiger partial charge in [-0.15, -0.1) is 0 Å². The Morgan fingerprint density at radius 2 is 1.82 bits per heavy atom. The maximum atomic E-state index is 12.0. The number of halogens is 3. The minimum atomic E-state index is -4.85. The van der Waals surface area contributed by atoms with Crippen LogP contribution in [0.15, 0.2) is 24.3 Å². The molecule has 0 fully saturated rings. The fourth-order valence-corrected chi connectivity index (χ4v) is 1.33. The molecule has 1 aromatic rings. The van der Waals surface area contributed by atoms with Gasteiger partial charge in [-0.25, -0.2) is 0 Å². The Bertz CT molecular complexity index is 384. The van der Waals surface area contributed by atoms with Gasteiger partial charge >= 0.3 is 12.1 Å². The van der Waals surface area contributed by atoms with Crippen LogP contribution in [0.2, 0.25) is 0 Å². The van der Waals surface area contributed by atoms with Gasteiger partial charge in [0.2, 0.25) is 0 Å². The molecule has 0 aliphatic carbocycles. The fourth-order valence-electron chi connectivity index (χ4n) is 1.33. The standard InChI is InChI=1S/C12H14F3NO/c1-3-8(2)9-4-6-10(7-5-9)16-11(17)12(13,14)15/h4-8H,3H2,1-2H3,(H,16,17)/t8-/m1/s1. The summed E-state index contributed by atoms with van der Waals surface area (Å²) in [6, 6.07) is 6.40. The molecular weight excluding hydrogens is 231 g/mol. The number of hydrogen-bond acceptors (Lipinski definition) is 1. The predicted molar refractivity (Wildman–Crippen MR) is 59.8 cm³/mol. The summed E-state index contributed by atoms with van der Waals surface area (Å²) in [6.45, 7) is 4.06. The monoisotopic (exact) mass is 245 g/mol. The Morgan fingerprint density at radius 1 is 1.29 bits per heavy atom. The second kappa shape index (κ2) is 5.21. The lowest BCUT2D eigenvalue weighted by Crippen LogP contribution is -2.29. The summed E-state index contributed by atoms with van der Waals surface area (Å²) in [4.78, 5) is 10.7. The van der Waals surface area contributed by atoms with Crippen molar-refractivity contribution in [3.63, 3.8) is 0 Å². The Morgan fingerprint density at radius 3 is 2.24 bits per heavy atom. The minimum Gasteiger partial charge on any atom is -0.318 e. The van der Waals surface area contributed by atoms with Crippen LogP contribution in [0.4, 0.5) is 18.9 Å². The van der Waals surface area contributed by atoms with E-state index >= 15 is 0 Å². The number of carbonyl (C=O) groups is 1. The van der Waals surface area contributed by atoms with E-state index in [0.29, 0.717) is 5.92 Å². The molecule has 0 aromatic heterocycles. The van der Waals surface area contributed by atoms with Crippen LogP contribution in [0.3, 0.4) is 0 Å². The molecule has 0 radical (unpaired) electrons. The van der Waals surface area contributed by atoms with Gasteiger partial charge in [0.25, 0.3) is 0 Å². The van der Waals surface area contributed by atoms with Gasteiger partial charge in [-0.05, 0) is 30.0 Å². The first-order valence-corrected chi connectivity index (χ1v) is 5.32. The highest BCUT2D eigenvalue weighted by Gasteiger charge is 2.38. The molecule has 1 N–H and O–H groups in total. The predicted octanol–water partition coefficient (Wildman–Crippen LogP) is 3.70. The summed E-state index contributed by atoms with van der Waals surface area (Å²) in [7, 11) is 0. The molecule has 94 valence electrons. The number of amides is 1. The molecule has 2 nitrogen and oxygen atoms in total. The average molecular weight is 245 g/mol. The van der Waals surface area contributed by atoms with E-state index in [4.69, 9.17) is 0 Å². The van der Waals surface area contributed by atoms with E-state index in [1.54, 1.807) is 17.4 Å².